The lowest BCUT2D eigenvalue weighted by Crippen LogP contribution is -2.19. The summed E-state index contributed by atoms with van der Waals surface area (Å²) in [6.07, 6.45) is 2.83. The lowest BCUT2D eigenvalue weighted by molar-refractivity contribution is 0.194. The lowest BCUT2D eigenvalue weighted by atomic mass is 10.1. The molecule has 7 heteroatoms. The number of aromatic nitrogens is 1. The topological polar surface area (TPSA) is 62.2 Å². The van der Waals surface area contributed by atoms with Gasteiger partial charge in [0, 0.05) is 9.79 Å². The molecule has 2 N–H and O–H groups in total. The third-order valence-electron chi connectivity index (χ3n) is 3.41. The Balaban J connectivity index is 1.87. The number of carbonyl (C=O) groups is 1. The molecular formula is C18H16N2O2S3. The lowest BCUT2D eigenvalue weighted by Gasteiger charge is -2.10. The third-order valence-corrected chi connectivity index (χ3v) is 6.29. The van der Waals surface area contributed by atoms with Gasteiger partial charge in [-0.15, -0.1) is 23.1 Å². The van der Waals surface area contributed by atoms with Gasteiger partial charge in [-0.3, -0.25) is 0 Å². The summed E-state index contributed by atoms with van der Waals surface area (Å²) in [7, 11) is 0. The maximum absolute atomic E-state index is 10.6. The monoisotopic (exact) mass is 388 g/mol. The highest BCUT2D eigenvalue weighted by Gasteiger charge is 2.11. The molecular weight excluding hydrogens is 372 g/mol. The fourth-order valence-corrected chi connectivity index (χ4v) is 4.88. The van der Waals surface area contributed by atoms with E-state index < -0.39 is 6.09 Å². The predicted octanol–water partition coefficient (Wildman–Crippen LogP) is 5.45. The van der Waals surface area contributed by atoms with E-state index in [1.807, 2.05) is 18.2 Å². The number of nitrogens with zero attached hydrogens (tertiary/aromatic N) is 1. The van der Waals surface area contributed by atoms with Crippen LogP contribution in [0.3, 0.4) is 0 Å². The molecule has 1 amide bonds. The summed E-state index contributed by atoms with van der Waals surface area (Å²) in [5, 5.41) is 11.8. The third kappa shape index (κ3) is 4.78. The van der Waals surface area contributed by atoms with Gasteiger partial charge in [0.05, 0.1) is 17.0 Å². The van der Waals surface area contributed by atoms with Crippen LogP contribution in [0.5, 0.6) is 0 Å². The van der Waals surface area contributed by atoms with Crippen LogP contribution >= 0.6 is 34.9 Å². The Morgan fingerprint density at radius 3 is 2.76 bits per heavy atom. The number of carboxylic acid groups (broad SMARTS) is 1. The normalized spacial score (nSPS) is 10.6. The van der Waals surface area contributed by atoms with Crippen molar-refractivity contribution in [1.82, 2.24) is 10.3 Å². The van der Waals surface area contributed by atoms with Crippen LogP contribution in [-0.4, -0.2) is 22.4 Å². The van der Waals surface area contributed by atoms with Gasteiger partial charge in [0.1, 0.15) is 5.01 Å². The molecule has 2 aromatic carbocycles. The summed E-state index contributed by atoms with van der Waals surface area (Å²) in [5.41, 5.74) is 2.36. The Morgan fingerprint density at radius 2 is 2.04 bits per heavy atom. The maximum Gasteiger partial charge on any atom is 0.405 e. The second kappa shape index (κ2) is 8.42. The Bertz CT molecular complexity index is 866. The number of nitrogens with one attached hydrogen (secondary N) is 1. The van der Waals surface area contributed by atoms with Gasteiger partial charge in [-0.1, -0.05) is 48.2 Å². The fraction of sp³-hybridized carbons (Fsp3) is 0.111. The number of hydrogen-bond donors (Lipinski definition) is 2. The average molecular weight is 389 g/mol. The van der Waals surface area contributed by atoms with Gasteiger partial charge in [0.25, 0.3) is 0 Å². The first-order chi connectivity index (χ1) is 12.2. The molecule has 0 fully saturated rings. The molecule has 128 valence electrons. The molecule has 0 aliphatic heterocycles. The van der Waals surface area contributed by atoms with Crippen LogP contribution < -0.4 is 5.32 Å². The van der Waals surface area contributed by atoms with Crippen molar-refractivity contribution in [2.45, 2.75) is 20.5 Å². The van der Waals surface area contributed by atoms with E-state index in [1.165, 1.54) is 32.3 Å². The van der Waals surface area contributed by atoms with Crippen molar-refractivity contribution in [3.63, 3.8) is 0 Å². The zero-order chi connectivity index (χ0) is 17.6. The second-order valence-electron chi connectivity index (χ2n) is 5.06. The summed E-state index contributed by atoms with van der Waals surface area (Å²) in [6.45, 7) is 0.233. The number of thiazole rings is 1. The van der Waals surface area contributed by atoms with Crippen molar-refractivity contribution < 1.29 is 9.90 Å². The van der Waals surface area contributed by atoms with E-state index in [2.05, 4.69) is 46.9 Å². The zero-order valence-corrected chi connectivity index (χ0v) is 15.9. The molecule has 0 saturated heterocycles. The molecule has 4 nitrogen and oxygen atoms in total. The summed E-state index contributed by atoms with van der Waals surface area (Å²) in [6, 6.07) is 16.8. The molecule has 1 aromatic heterocycles. The van der Waals surface area contributed by atoms with E-state index in [0.29, 0.717) is 0 Å². The van der Waals surface area contributed by atoms with Crippen molar-refractivity contribution in [2.75, 3.05) is 6.26 Å². The van der Waals surface area contributed by atoms with Crippen molar-refractivity contribution in [3.05, 3.63) is 59.7 Å². The van der Waals surface area contributed by atoms with E-state index in [9.17, 15) is 4.79 Å². The first-order valence-electron chi connectivity index (χ1n) is 7.48. The molecule has 0 atom stereocenters. The number of amides is 1. The standard InChI is InChI=1S/C18H16N2O2S3/c1-23-13-7-8-14(12-5-3-2-4-6-12)15(9-13)24-17-11-19-16(25-17)10-20-18(21)22/h2-9,11,20H,10H2,1H3,(H,21,22). The molecule has 0 saturated carbocycles. The van der Waals surface area contributed by atoms with Crippen LogP contribution in [-0.2, 0) is 6.54 Å². The van der Waals surface area contributed by atoms with Crippen molar-refractivity contribution in [3.8, 4) is 11.1 Å². The van der Waals surface area contributed by atoms with E-state index in [0.717, 1.165) is 9.22 Å². The minimum atomic E-state index is -1.04. The highest BCUT2D eigenvalue weighted by molar-refractivity contribution is 8.01. The van der Waals surface area contributed by atoms with Crippen molar-refractivity contribution in [2.24, 2.45) is 0 Å². The highest BCUT2D eigenvalue weighted by Crippen LogP contribution is 2.40. The highest BCUT2D eigenvalue weighted by atomic mass is 32.2. The Labute approximate surface area is 158 Å². The van der Waals surface area contributed by atoms with Gasteiger partial charge in [0.2, 0.25) is 0 Å². The Hall–Kier alpha value is -1.96. The fourth-order valence-electron chi connectivity index (χ4n) is 2.25. The van der Waals surface area contributed by atoms with Crippen LogP contribution in [0.25, 0.3) is 11.1 Å². The quantitative estimate of drug-likeness (QED) is 0.550. The zero-order valence-electron chi connectivity index (χ0n) is 13.4. The molecule has 0 aliphatic carbocycles. The largest absolute Gasteiger partial charge is 0.465 e. The van der Waals surface area contributed by atoms with Gasteiger partial charge in [-0.25, -0.2) is 9.78 Å². The average Bonchev–Trinajstić information content (AvgIpc) is 3.08. The Morgan fingerprint density at radius 1 is 1.24 bits per heavy atom. The van der Waals surface area contributed by atoms with Gasteiger partial charge in [-0.2, -0.15) is 0 Å². The summed E-state index contributed by atoms with van der Waals surface area (Å²) < 4.78 is 1.04. The summed E-state index contributed by atoms with van der Waals surface area (Å²) >= 11 is 4.88. The molecule has 3 aromatic rings. The maximum atomic E-state index is 10.6. The van der Waals surface area contributed by atoms with Crippen LogP contribution in [0.1, 0.15) is 5.01 Å². The van der Waals surface area contributed by atoms with Crippen LogP contribution in [0.2, 0.25) is 0 Å². The smallest absolute Gasteiger partial charge is 0.405 e. The predicted molar refractivity (Wildman–Crippen MR) is 105 cm³/mol. The summed E-state index contributed by atoms with van der Waals surface area (Å²) in [5.74, 6) is 0. The molecule has 0 aliphatic rings. The van der Waals surface area contributed by atoms with Gasteiger partial charge in [0.15, 0.2) is 0 Å². The van der Waals surface area contributed by atoms with Gasteiger partial charge < -0.3 is 10.4 Å². The van der Waals surface area contributed by atoms with Crippen molar-refractivity contribution in [1.29, 1.82) is 0 Å². The molecule has 0 spiro atoms. The number of benzene rings is 2. The van der Waals surface area contributed by atoms with E-state index >= 15 is 0 Å². The molecule has 0 unspecified atom stereocenters. The van der Waals surface area contributed by atoms with Crippen LogP contribution in [0, 0.1) is 0 Å². The second-order valence-corrected chi connectivity index (χ2v) is 8.40. The molecule has 0 radical (unpaired) electrons. The minimum Gasteiger partial charge on any atom is -0.465 e. The number of hydrogen-bond acceptors (Lipinski definition) is 5. The van der Waals surface area contributed by atoms with Crippen LogP contribution in [0.4, 0.5) is 4.79 Å². The van der Waals surface area contributed by atoms with E-state index in [1.54, 1.807) is 29.7 Å². The van der Waals surface area contributed by atoms with Crippen LogP contribution in [0.15, 0.2) is 68.7 Å². The van der Waals surface area contributed by atoms with E-state index in [-0.39, 0.29) is 6.54 Å². The molecule has 1 heterocycles. The van der Waals surface area contributed by atoms with Crippen molar-refractivity contribution >= 4 is 41.0 Å². The number of rotatable bonds is 6. The molecule has 25 heavy (non-hydrogen) atoms. The van der Waals surface area contributed by atoms with Gasteiger partial charge >= 0.3 is 6.09 Å². The summed E-state index contributed by atoms with van der Waals surface area (Å²) in [4.78, 5) is 17.3. The number of thioether (sulfide) groups is 1. The minimum absolute atomic E-state index is 0.233. The van der Waals surface area contributed by atoms with E-state index in [4.69, 9.17) is 5.11 Å². The first-order valence-corrected chi connectivity index (χ1v) is 10.3. The van der Waals surface area contributed by atoms with Gasteiger partial charge in [-0.05, 0) is 29.5 Å². The Kier molecular flexibility index (Phi) is 6.01. The first kappa shape index (κ1) is 17.8. The molecule has 0 bridgehead atoms. The molecule has 3 rings (SSSR count). The SMILES string of the molecule is CSc1ccc(-c2ccccc2)c(Sc2cnc(CNC(=O)O)s2)c1.